The monoisotopic (exact) mass is 204 g/mol. The summed E-state index contributed by atoms with van der Waals surface area (Å²) in [6.07, 6.45) is 0.0799. The second kappa shape index (κ2) is 6.88. The fourth-order valence-corrected chi connectivity index (χ4v) is 0.637. The molecule has 6 nitrogen and oxygen atoms in total. The Balaban J connectivity index is 3.53. The Morgan fingerprint density at radius 2 is 1.71 bits per heavy atom. The van der Waals surface area contributed by atoms with Crippen molar-refractivity contribution in [3.8, 4) is 0 Å². The summed E-state index contributed by atoms with van der Waals surface area (Å²) >= 11 is 0. The summed E-state index contributed by atoms with van der Waals surface area (Å²) in [5.74, 6) is -3.11. The van der Waals surface area contributed by atoms with Gasteiger partial charge in [-0.2, -0.15) is 0 Å². The molecule has 0 unspecified atom stereocenters. The normalized spacial score (nSPS) is 9.21. The van der Waals surface area contributed by atoms with E-state index in [1.54, 1.807) is 6.92 Å². The van der Waals surface area contributed by atoms with Crippen molar-refractivity contribution in [1.29, 1.82) is 0 Å². The zero-order valence-corrected chi connectivity index (χ0v) is 7.82. The molecular formula is C8H12O6. The quantitative estimate of drug-likeness (QED) is 0.384. The molecule has 0 atom stereocenters. The van der Waals surface area contributed by atoms with Crippen LogP contribution in [0, 0.1) is 0 Å². The molecule has 0 bridgehead atoms. The van der Waals surface area contributed by atoms with Crippen LogP contribution in [0.2, 0.25) is 0 Å². The van der Waals surface area contributed by atoms with Crippen LogP contribution >= 0.6 is 0 Å². The van der Waals surface area contributed by atoms with E-state index in [4.69, 9.17) is 5.11 Å². The van der Waals surface area contributed by atoms with Crippen LogP contribution in [0.25, 0.3) is 0 Å². The Kier molecular flexibility index (Phi) is 6.09. The van der Waals surface area contributed by atoms with Crippen LogP contribution in [-0.4, -0.2) is 36.2 Å². The van der Waals surface area contributed by atoms with E-state index in [2.05, 4.69) is 9.47 Å². The zero-order valence-electron chi connectivity index (χ0n) is 7.82. The third-order valence-electron chi connectivity index (χ3n) is 1.21. The van der Waals surface area contributed by atoms with Crippen molar-refractivity contribution in [1.82, 2.24) is 0 Å². The average molecular weight is 204 g/mol. The van der Waals surface area contributed by atoms with Gasteiger partial charge in [-0.05, 0) is 13.3 Å². The van der Waals surface area contributed by atoms with Gasteiger partial charge in [0.1, 0.15) is 0 Å². The highest BCUT2D eigenvalue weighted by Crippen LogP contribution is 1.92. The second-order valence-electron chi connectivity index (χ2n) is 2.35. The minimum absolute atomic E-state index is 0.0933. The van der Waals surface area contributed by atoms with Gasteiger partial charge in [0.2, 0.25) is 0 Å². The Morgan fingerprint density at radius 1 is 1.14 bits per heavy atom. The molecule has 0 heterocycles. The maximum atomic E-state index is 10.7. The van der Waals surface area contributed by atoms with Gasteiger partial charge in [-0.15, -0.1) is 0 Å². The van der Waals surface area contributed by atoms with Crippen molar-refractivity contribution in [2.75, 3.05) is 13.2 Å². The molecule has 0 aromatic carbocycles. The zero-order chi connectivity index (χ0) is 11.0. The fourth-order valence-electron chi connectivity index (χ4n) is 0.637. The molecule has 0 saturated carbocycles. The highest BCUT2D eigenvalue weighted by atomic mass is 16.6. The van der Waals surface area contributed by atoms with Crippen LogP contribution in [0.4, 0.5) is 0 Å². The molecule has 0 spiro atoms. The lowest BCUT2D eigenvalue weighted by atomic mass is 10.3. The standard InChI is InChI=1S/C8H12O6/c1-2-13-7(11)8(12)14-5-3-4-6(9)10/h2-5H2,1H3,(H,9,10). The minimum atomic E-state index is -1.09. The Hall–Kier alpha value is -1.59. The molecule has 0 rings (SSSR count). The van der Waals surface area contributed by atoms with E-state index in [-0.39, 0.29) is 26.1 Å². The molecule has 0 amide bonds. The Morgan fingerprint density at radius 3 is 2.21 bits per heavy atom. The van der Waals surface area contributed by atoms with E-state index in [9.17, 15) is 14.4 Å². The molecule has 0 aliphatic carbocycles. The van der Waals surface area contributed by atoms with Crippen molar-refractivity contribution >= 4 is 17.9 Å². The molecule has 0 saturated heterocycles. The molecule has 80 valence electrons. The molecule has 0 aromatic rings. The van der Waals surface area contributed by atoms with Crippen LogP contribution < -0.4 is 0 Å². The van der Waals surface area contributed by atoms with E-state index in [1.165, 1.54) is 0 Å². The lowest BCUT2D eigenvalue weighted by molar-refractivity contribution is -0.167. The predicted molar refractivity (Wildman–Crippen MR) is 44.5 cm³/mol. The lowest BCUT2D eigenvalue weighted by Crippen LogP contribution is -2.20. The van der Waals surface area contributed by atoms with Gasteiger partial charge >= 0.3 is 17.9 Å². The third kappa shape index (κ3) is 5.99. The topological polar surface area (TPSA) is 89.9 Å². The van der Waals surface area contributed by atoms with Crippen molar-refractivity contribution in [3.05, 3.63) is 0 Å². The van der Waals surface area contributed by atoms with E-state index in [1.807, 2.05) is 0 Å². The van der Waals surface area contributed by atoms with Gasteiger partial charge in [-0.25, -0.2) is 9.59 Å². The highest BCUT2D eigenvalue weighted by molar-refractivity contribution is 6.29. The van der Waals surface area contributed by atoms with E-state index < -0.39 is 17.9 Å². The van der Waals surface area contributed by atoms with Crippen LogP contribution in [-0.2, 0) is 23.9 Å². The van der Waals surface area contributed by atoms with Gasteiger partial charge in [0.15, 0.2) is 0 Å². The summed E-state index contributed by atoms with van der Waals surface area (Å²) in [7, 11) is 0. The third-order valence-corrected chi connectivity index (χ3v) is 1.21. The first-order valence-electron chi connectivity index (χ1n) is 4.13. The van der Waals surface area contributed by atoms with Crippen LogP contribution in [0.5, 0.6) is 0 Å². The number of carboxylic acid groups (broad SMARTS) is 1. The predicted octanol–water partition coefficient (Wildman–Crippen LogP) is -0.0425. The van der Waals surface area contributed by atoms with Crippen LogP contribution in [0.1, 0.15) is 19.8 Å². The Bertz CT molecular complexity index is 222. The maximum absolute atomic E-state index is 10.7. The summed E-state index contributed by atoms with van der Waals surface area (Å²) in [6.45, 7) is 1.57. The number of hydrogen-bond donors (Lipinski definition) is 1. The van der Waals surface area contributed by atoms with Crippen molar-refractivity contribution in [3.63, 3.8) is 0 Å². The van der Waals surface area contributed by atoms with Gasteiger partial charge in [0.05, 0.1) is 13.2 Å². The van der Waals surface area contributed by atoms with E-state index in [0.29, 0.717) is 0 Å². The minimum Gasteiger partial charge on any atom is -0.481 e. The molecule has 6 heteroatoms. The fraction of sp³-hybridized carbons (Fsp3) is 0.625. The number of aliphatic carboxylic acids is 1. The number of carbonyl (C=O) groups excluding carboxylic acids is 2. The molecule has 14 heavy (non-hydrogen) atoms. The number of rotatable bonds is 5. The molecule has 1 N–H and O–H groups in total. The summed E-state index contributed by atoms with van der Waals surface area (Å²) < 4.78 is 8.78. The molecule has 0 fully saturated rings. The number of hydrogen-bond acceptors (Lipinski definition) is 5. The lowest BCUT2D eigenvalue weighted by Gasteiger charge is -2.02. The van der Waals surface area contributed by atoms with Crippen molar-refractivity contribution < 1.29 is 29.0 Å². The van der Waals surface area contributed by atoms with E-state index in [0.717, 1.165) is 0 Å². The first-order valence-corrected chi connectivity index (χ1v) is 4.13. The second-order valence-corrected chi connectivity index (χ2v) is 2.35. The molecule has 0 aliphatic rings. The van der Waals surface area contributed by atoms with Crippen LogP contribution in [0.15, 0.2) is 0 Å². The highest BCUT2D eigenvalue weighted by Gasteiger charge is 2.15. The van der Waals surface area contributed by atoms with Gasteiger partial charge in [-0.1, -0.05) is 0 Å². The smallest absolute Gasteiger partial charge is 0.417 e. The summed E-state index contributed by atoms with van der Waals surface area (Å²) in [4.78, 5) is 31.4. The molecule has 0 aliphatic heterocycles. The average Bonchev–Trinajstić information content (AvgIpc) is 2.12. The van der Waals surface area contributed by atoms with Gasteiger partial charge in [-0.3, -0.25) is 4.79 Å². The summed E-state index contributed by atoms with van der Waals surface area (Å²) in [5, 5.41) is 8.24. The largest absolute Gasteiger partial charge is 0.481 e. The van der Waals surface area contributed by atoms with Crippen molar-refractivity contribution in [2.45, 2.75) is 19.8 Å². The SMILES string of the molecule is CCOC(=O)C(=O)OCCCC(=O)O. The summed E-state index contributed by atoms with van der Waals surface area (Å²) in [6, 6.07) is 0. The number of carboxylic acids is 1. The van der Waals surface area contributed by atoms with Gasteiger partial charge < -0.3 is 14.6 Å². The summed E-state index contributed by atoms with van der Waals surface area (Å²) in [5.41, 5.74) is 0. The van der Waals surface area contributed by atoms with E-state index >= 15 is 0 Å². The molecule has 0 radical (unpaired) electrons. The van der Waals surface area contributed by atoms with Crippen LogP contribution in [0.3, 0.4) is 0 Å². The number of carbonyl (C=O) groups is 3. The first kappa shape index (κ1) is 12.4. The number of ether oxygens (including phenoxy) is 2. The number of esters is 2. The molecular weight excluding hydrogens is 192 g/mol. The molecule has 0 aromatic heterocycles. The van der Waals surface area contributed by atoms with Crippen molar-refractivity contribution in [2.24, 2.45) is 0 Å². The Labute approximate surface area is 80.8 Å². The van der Waals surface area contributed by atoms with Gasteiger partial charge in [0, 0.05) is 6.42 Å². The van der Waals surface area contributed by atoms with Gasteiger partial charge in [0.25, 0.3) is 0 Å². The maximum Gasteiger partial charge on any atom is 0.417 e. The first-order chi connectivity index (χ1) is 6.57.